The Bertz CT molecular complexity index is 1310. The van der Waals surface area contributed by atoms with Crippen molar-refractivity contribution in [2.75, 3.05) is 18.5 Å². The molecule has 35 heavy (non-hydrogen) atoms. The summed E-state index contributed by atoms with van der Waals surface area (Å²) in [7, 11) is 0. The van der Waals surface area contributed by atoms with Crippen LogP contribution < -0.4 is 14.8 Å². The highest BCUT2D eigenvalue weighted by atomic mass is 127. The lowest BCUT2D eigenvalue weighted by Gasteiger charge is -2.37. The van der Waals surface area contributed by atoms with Gasteiger partial charge in [0, 0.05) is 17.8 Å². The van der Waals surface area contributed by atoms with E-state index in [1.807, 2.05) is 25.3 Å². The minimum absolute atomic E-state index is 0.203. The van der Waals surface area contributed by atoms with Crippen LogP contribution in [0.5, 0.6) is 11.5 Å². The van der Waals surface area contributed by atoms with E-state index in [9.17, 15) is 0 Å². The molecule has 176 valence electrons. The molecule has 3 aromatic rings. The van der Waals surface area contributed by atoms with Crippen LogP contribution in [0.4, 0.5) is 11.4 Å². The van der Waals surface area contributed by atoms with E-state index in [0.717, 1.165) is 21.2 Å². The number of anilines is 1. The number of allylic oxidation sites excluding steroid dienone is 2. The van der Waals surface area contributed by atoms with Crippen LogP contribution >= 0.6 is 22.6 Å². The Morgan fingerprint density at radius 2 is 1.97 bits per heavy atom. The number of hydrogen-bond donors (Lipinski definition) is 1. The van der Waals surface area contributed by atoms with E-state index in [-0.39, 0.29) is 12.6 Å². The maximum absolute atomic E-state index is 5.78. The zero-order valence-corrected chi connectivity index (χ0v) is 21.7. The molecular formula is C30H27IN2O2. The van der Waals surface area contributed by atoms with Crippen LogP contribution in [-0.4, -0.2) is 19.4 Å². The smallest absolute Gasteiger partial charge is 0.175 e. The number of benzene rings is 3. The Morgan fingerprint density at radius 1 is 1.14 bits per heavy atom. The van der Waals surface area contributed by atoms with Crippen molar-refractivity contribution in [3.8, 4) is 23.8 Å². The van der Waals surface area contributed by atoms with Gasteiger partial charge < -0.3 is 14.8 Å². The van der Waals surface area contributed by atoms with Crippen molar-refractivity contribution in [2.45, 2.75) is 25.3 Å². The number of nitrogens with zero attached hydrogens (tertiary/aromatic N) is 1. The molecule has 2 aliphatic rings. The zero-order chi connectivity index (χ0) is 24.2. The first-order valence-electron chi connectivity index (χ1n) is 11.9. The van der Waals surface area contributed by atoms with Gasteiger partial charge in [-0.25, -0.2) is 0 Å². The van der Waals surface area contributed by atoms with E-state index in [0.29, 0.717) is 29.9 Å². The second kappa shape index (κ2) is 10.6. The van der Waals surface area contributed by atoms with Crippen molar-refractivity contribution in [2.24, 2.45) is 10.9 Å². The van der Waals surface area contributed by atoms with Gasteiger partial charge in [0.1, 0.15) is 6.61 Å². The molecule has 0 bridgehead atoms. The van der Waals surface area contributed by atoms with Crippen LogP contribution in [0.15, 0.2) is 77.8 Å². The van der Waals surface area contributed by atoms with Gasteiger partial charge in [0.15, 0.2) is 11.5 Å². The summed E-state index contributed by atoms with van der Waals surface area (Å²) in [5, 5.41) is 3.79. The highest BCUT2D eigenvalue weighted by Crippen LogP contribution is 2.49. The Labute approximate surface area is 220 Å². The van der Waals surface area contributed by atoms with Crippen molar-refractivity contribution >= 4 is 40.2 Å². The van der Waals surface area contributed by atoms with Crippen molar-refractivity contribution in [3.63, 3.8) is 0 Å². The molecule has 0 fully saturated rings. The number of ether oxygens (including phenoxy) is 2. The molecule has 0 spiro atoms. The predicted octanol–water partition coefficient (Wildman–Crippen LogP) is 7.28. The SMILES string of the molecule is C#CCOc1c(I)cc(C=Nc2ccc([C@@H]3Nc4ccccc4[C@H]4C=CC[C@H]43)cc2)cc1OCC. The standard InChI is InChI=1S/C30H27IN2O2/c1-3-16-35-30-26(31)17-20(18-28(30)34-4-2)19-32-22-14-12-21(13-15-22)29-25-10-7-9-23(25)24-8-5-6-11-27(24)33-29/h1,5-9,11-15,17-19,23,25,29,33H,4,10,16H2,2H3/t23-,25-,29+/m1/s1. The minimum atomic E-state index is 0.203. The van der Waals surface area contributed by atoms with Gasteiger partial charge in [-0.2, -0.15) is 0 Å². The molecule has 1 heterocycles. The maximum Gasteiger partial charge on any atom is 0.175 e. The van der Waals surface area contributed by atoms with Crippen molar-refractivity contribution < 1.29 is 9.47 Å². The molecule has 3 aromatic carbocycles. The molecule has 1 aliphatic heterocycles. The van der Waals surface area contributed by atoms with Gasteiger partial charge in [-0.3, -0.25) is 4.99 Å². The number of aliphatic imine (C=N–C) groups is 1. The summed E-state index contributed by atoms with van der Waals surface area (Å²) in [5.74, 6) is 4.87. The third-order valence-electron chi connectivity index (χ3n) is 6.52. The van der Waals surface area contributed by atoms with E-state index < -0.39 is 0 Å². The highest BCUT2D eigenvalue weighted by molar-refractivity contribution is 14.1. The van der Waals surface area contributed by atoms with E-state index >= 15 is 0 Å². The summed E-state index contributed by atoms with van der Waals surface area (Å²) in [6.45, 7) is 2.69. The van der Waals surface area contributed by atoms with E-state index in [1.54, 1.807) is 0 Å². The summed E-state index contributed by atoms with van der Waals surface area (Å²) in [6.07, 6.45) is 13.0. The Hall–Kier alpha value is -3.24. The first-order chi connectivity index (χ1) is 17.2. The molecule has 1 aliphatic carbocycles. The van der Waals surface area contributed by atoms with E-state index in [4.69, 9.17) is 20.9 Å². The molecule has 3 atom stereocenters. The van der Waals surface area contributed by atoms with Crippen LogP contribution in [0.2, 0.25) is 0 Å². The molecule has 1 N–H and O–H groups in total. The average Bonchev–Trinajstić information content (AvgIpc) is 3.38. The van der Waals surface area contributed by atoms with Crippen LogP contribution in [0, 0.1) is 21.8 Å². The van der Waals surface area contributed by atoms with Crippen LogP contribution in [-0.2, 0) is 0 Å². The van der Waals surface area contributed by atoms with Crippen molar-refractivity contribution in [1.82, 2.24) is 0 Å². The van der Waals surface area contributed by atoms with Crippen LogP contribution in [0.3, 0.4) is 0 Å². The molecule has 0 saturated heterocycles. The Balaban J connectivity index is 1.35. The molecule has 0 saturated carbocycles. The monoisotopic (exact) mass is 574 g/mol. The number of hydrogen-bond acceptors (Lipinski definition) is 4. The summed E-state index contributed by atoms with van der Waals surface area (Å²) in [6, 6.07) is 21.5. The quantitative estimate of drug-likeness (QED) is 0.140. The minimum Gasteiger partial charge on any atom is -0.490 e. The first kappa shape index (κ1) is 23.5. The van der Waals surface area contributed by atoms with E-state index in [2.05, 4.69) is 94.5 Å². The van der Waals surface area contributed by atoms with Gasteiger partial charge in [0.25, 0.3) is 0 Å². The maximum atomic E-state index is 5.78. The topological polar surface area (TPSA) is 42.8 Å². The molecule has 4 nitrogen and oxygen atoms in total. The molecule has 0 radical (unpaired) electrons. The normalized spacial score (nSPS) is 20.1. The summed E-state index contributed by atoms with van der Waals surface area (Å²) >= 11 is 2.24. The second-order valence-electron chi connectivity index (χ2n) is 8.67. The fraction of sp³-hybridized carbons (Fsp3) is 0.233. The van der Waals surface area contributed by atoms with Crippen LogP contribution in [0.25, 0.3) is 0 Å². The van der Waals surface area contributed by atoms with Gasteiger partial charge in [0.05, 0.1) is 21.9 Å². The first-order valence-corrected chi connectivity index (χ1v) is 12.9. The molecular weight excluding hydrogens is 547 g/mol. The number of para-hydroxylation sites is 1. The average molecular weight is 574 g/mol. The molecule has 0 unspecified atom stereocenters. The van der Waals surface area contributed by atoms with Crippen LogP contribution in [0.1, 0.15) is 42.0 Å². The molecule has 0 aromatic heterocycles. The molecule has 5 heteroatoms. The lowest BCUT2D eigenvalue weighted by molar-refractivity contribution is 0.298. The summed E-state index contributed by atoms with van der Waals surface area (Å²) < 4.78 is 12.4. The summed E-state index contributed by atoms with van der Waals surface area (Å²) in [5.41, 5.74) is 5.79. The highest BCUT2D eigenvalue weighted by Gasteiger charge is 2.37. The molecule has 5 rings (SSSR count). The Morgan fingerprint density at radius 3 is 2.77 bits per heavy atom. The van der Waals surface area contributed by atoms with Gasteiger partial charge in [-0.1, -0.05) is 48.4 Å². The number of terminal acetylenes is 1. The predicted molar refractivity (Wildman–Crippen MR) is 151 cm³/mol. The zero-order valence-electron chi connectivity index (χ0n) is 19.6. The fourth-order valence-corrected chi connectivity index (χ4v) is 5.75. The third kappa shape index (κ3) is 4.94. The molecule has 0 amide bonds. The Kier molecular flexibility index (Phi) is 7.10. The number of fused-ring (bicyclic) bond motifs is 3. The van der Waals surface area contributed by atoms with Gasteiger partial charge in [-0.15, -0.1) is 6.42 Å². The van der Waals surface area contributed by atoms with Gasteiger partial charge >= 0.3 is 0 Å². The largest absolute Gasteiger partial charge is 0.490 e. The number of rotatable bonds is 7. The summed E-state index contributed by atoms with van der Waals surface area (Å²) in [4.78, 5) is 4.71. The fourth-order valence-electron chi connectivity index (χ4n) is 4.97. The number of halogens is 1. The number of nitrogens with one attached hydrogen (secondary N) is 1. The van der Waals surface area contributed by atoms with E-state index in [1.165, 1.54) is 16.8 Å². The lowest BCUT2D eigenvalue weighted by atomic mass is 9.77. The van der Waals surface area contributed by atoms with Crippen molar-refractivity contribution in [3.05, 3.63) is 93.1 Å². The lowest BCUT2D eigenvalue weighted by Crippen LogP contribution is -2.28. The van der Waals surface area contributed by atoms with Crippen molar-refractivity contribution in [1.29, 1.82) is 0 Å². The van der Waals surface area contributed by atoms with Gasteiger partial charge in [0.2, 0.25) is 0 Å². The second-order valence-corrected chi connectivity index (χ2v) is 9.83. The van der Waals surface area contributed by atoms with Gasteiger partial charge in [-0.05, 0) is 88.9 Å². The third-order valence-corrected chi connectivity index (χ3v) is 7.32.